The molecule has 2 aromatic rings. The maximum Gasteiger partial charge on any atom is 0.416 e. The fourth-order valence-electron chi connectivity index (χ4n) is 1.67. The van der Waals surface area contributed by atoms with E-state index in [9.17, 15) is 13.2 Å². The molecule has 1 heterocycles. The van der Waals surface area contributed by atoms with E-state index >= 15 is 0 Å². The number of hydrogen-bond acceptors (Lipinski definition) is 4. The molecule has 0 amide bonds. The lowest BCUT2D eigenvalue weighted by Crippen LogP contribution is -2.19. The summed E-state index contributed by atoms with van der Waals surface area (Å²) in [6.45, 7) is 0.897. The Hall–Kier alpha value is -2.09. The molecule has 0 aliphatic heterocycles. The first-order valence-electron chi connectivity index (χ1n) is 6.22. The maximum absolute atomic E-state index is 12.9. The summed E-state index contributed by atoms with van der Waals surface area (Å²) in [6.07, 6.45) is -3.14. The van der Waals surface area contributed by atoms with Gasteiger partial charge in [0.15, 0.2) is 5.82 Å². The molecule has 0 saturated heterocycles. The molecule has 0 fully saturated rings. The summed E-state index contributed by atoms with van der Waals surface area (Å²) in [5.74, 6) is 0.338. The first-order chi connectivity index (χ1) is 9.86. The number of H-pyrrole nitrogens is 1. The van der Waals surface area contributed by atoms with Gasteiger partial charge in [-0.3, -0.25) is 5.10 Å². The van der Waals surface area contributed by atoms with E-state index in [1.165, 1.54) is 12.4 Å². The summed E-state index contributed by atoms with van der Waals surface area (Å²) in [5.41, 5.74) is -0.532. The Morgan fingerprint density at radius 1 is 1.24 bits per heavy atom. The van der Waals surface area contributed by atoms with Crippen LogP contribution < -0.4 is 4.74 Å². The molecule has 0 aliphatic rings. The van der Waals surface area contributed by atoms with Crippen molar-refractivity contribution in [3.63, 3.8) is 0 Å². The highest BCUT2D eigenvalue weighted by molar-refractivity contribution is 5.59. The number of alkyl halides is 3. The van der Waals surface area contributed by atoms with Gasteiger partial charge in [0.2, 0.25) is 0 Å². The summed E-state index contributed by atoms with van der Waals surface area (Å²) < 4.78 is 44.2. The van der Waals surface area contributed by atoms with Crippen molar-refractivity contribution >= 4 is 0 Å². The van der Waals surface area contributed by atoms with Crippen LogP contribution in [0.1, 0.15) is 5.56 Å². The zero-order chi connectivity index (χ0) is 15.5. The van der Waals surface area contributed by atoms with Gasteiger partial charge >= 0.3 is 6.18 Å². The van der Waals surface area contributed by atoms with Gasteiger partial charge in [-0.1, -0.05) is 0 Å². The third-order valence-electron chi connectivity index (χ3n) is 2.71. The molecule has 2 rings (SSSR count). The monoisotopic (exact) mass is 300 g/mol. The van der Waals surface area contributed by atoms with Crippen molar-refractivity contribution in [2.45, 2.75) is 6.18 Å². The van der Waals surface area contributed by atoms with Crippen LogP contribution in [0.5, 0.6) is 5.75 Å². The predicted molar refractivity (Wildman–Crippen MR) is 70.9 cm³/mol. The highest BCUT2D eigenvalue weighted by atomic mass is 19.4. The third kappa shape index (κ3) is 4.19. The molecule has 0 unspecified atom stereocenters. The molecular formula is C13H15F3N4O. The van der Waals surface area contributed by atoms with E-state index < -0.39 is 11.7 Å². The molecular weight excluding hydrogens is 285 g/mol. The van der Waals surface area contributed by atoms with E-state index in [2.05, 4.69) is 15.2 Å². The second-order valence-corrected chi connectivity index (χ2v) is 4.72. The van der Waals surface area contributed by atoms with Crippen LogP contribution in [-0.4, -0.2) is 47.3 Å². The largest absolute Gasteiger partial charge is 0.492 e. The van der Waals surface area contributed by atoms with E-state index in [4.69, 9.17) is 4.74 Å². The molecule has 1 aromatic heterocycles. The lowest BCUT2D eigenvalue weighted by atomic mass is 10.1. The molecule has 0 bridgehead atoms. The van der Waals surface area contributed by atoms with Gasteiger partial charge in [-0.15, -0.1) is 0 Å². The van der Waals surface area contributed by atoms with E-state index in [1.54, 1.807) is 0 Å². The Labute approximate surface area is 119 Å². The van der Waals surface area contributed by atoms with Gasteiger partial charge in [0.25, 0.3) is 0 Å². The fourth-order valence-corrected chi connectivity index (χ4v) is 1.67. The van der Waals surface area contributed by atoms with Crippen molar-refractivity contribution in [1.29, 1.82) is 0 Å². The van der Waals surface area contributed by atoms with Crippen LogP contribution in [0.3, 0.4) is 0 Å². The Balaban J connectivity index is 2.29. The van der Waals surface area contributed by atoms with Crippen molar-refractivity contribution < 1.29 is 17.9 Å². The van der Waals surface area contributed by atoms with Gasteiger partial charge < -0.3 is 9.64 Å². The SMILES string of the molecule is CN(C)CCOc1cc(-c2nc[nH]n2)cc(C(F)(F)F)c1. The molecule has 114 valence electrons. The van der Waals surface area contributed by atoms with Crippen LogP contribution in [0.15, 0.2) is 24.5 Å². The Kier molecular flexibility index (Phi) is 4.46. The number of rotatable bonds is 5. The molecule has 0 spiro atoms. The standard InChI is InChI=1S/C13H15F3N4O/c1-20(2)3-4-21-11-6-9(12-17-8-18-19-12)5-10(7-11)13(14,15)16/h5-8H,3-4H2,1-2H3,(H,17,18,19). The smallest absolute Gasteiger partial charge is 0.416 e. The lowest BCUT2D eigenvalue weighted by molar-refractivity contribution is -0.137. The number of nitrogens with zero attached hydrogens (tertiary/aromatic N) is 3. The quantitative estimate of drug-likeness (QED) is 0.921. The average Bonchev–Trinajstić information content (AvgIpc) is 2.90. The van der Waals surface area contributed by atoms with Crippen LogP contribution in [0.4, 0.5) is 13.2 Å². The molecule has 1 N–H and O–H groups in total. The van der Waals surface area contributed by atoms with Gasteiger partial charge in [0.05, 0.1) is 5.56 Å². The zero-order valence-corrected chi connectivity index (χ0v) is 11.6. The minimum Gasteiger partial charge on any atom is -0.492 e. The fraction of sp³-hybridized carbons (Fsp3) is 0.385. The van der Waals surface area contributed by atoms with Gasteiger partial charge in [-0.2, -0.15) is 18.3 Å². The Morgan fingerprint density at radius 3 is 2.57 bits per heavy atom. The molecule has 0 aliphatic carbocycles. The minimum atomic E-state index is -4.45. The molecule has 0 saturated carbocycles. The van der Waals surface area contributed by atoms with E-state index in [0.717, 1.165) is 12.1 Å². The number of ether oxygens (including phenoxy) is 1. The molecule has 21 heavy (non-hydrogen) atoms. The number of hydrogen-bond donors (Lipinski definition) is 1. The average molecular weight is 300 g/mol. The number of nitrogens with one attached hydrogen (secondary N) is 1. The van der Waals surface area contributed by atoms with E-state index in [1.807, 2.05) is 19.0 Å². The number of benzene rings is 1. The van der Waals surface area contributed by atoms with Gasteiger partial charge in [0.1, 0.15) is 18.7 Å². The second kappa shape index (κ2) is 6.13. The normalized spacial score (nSPS) is 11.9. The first-order valence-corrected chi connectivity index (χ1v) is 6.22. The highest BCUT2D eigenvalue weighted by Gasteiger charge is 2.31. The van der Waals surface area contributed by atoms with Crippen LogP contribution in [-0.2, 0) is 6.18 Å². The van der Waals surface area contributed by atoms with Crippen molar-refractivity contribution in [2.24, 2.45) is 0 Å². The van der Waals surface area contributed by atoms with E-state index in [0.29, 0.717) is 13.2 Å². The molecule has 0 atom stereocenters. The maximum atomic E-state index is 12.9. The first kappa shape index (κ1) is 15.3. The zero-order valence-electron chi connectivity index (χ0n) is 11.6. The summed E-state index contributed by atoms with van der Waals surface area (Å²) >= 11 is 0. The molecule has 0 radical (unpaired) electrons. The number of aromatic nitrogens is 3. The molecule has 5 nitrogen and oxygen atoms in total. The van der Waals surface area contributed by atoms with Crippen LogP contribution in [0, 0.1) is 0 Å². The summed E-state index contributed by atoms with van der Waals surface area (Å²) in [7, 11) is 3.71. The third-order valence-corrected chi connectivity index (χ3v) is 2.71. The lowest BCUT2D eigenvalue weighted by Gasteiger charge is -2.14. The van der Waals surface area contributed by atoms with E-state index in [-0.39, 0.29) is 17.1 Å². The Bertz CT molecular complexity index is 582. The summed E-state index contributed by atoms with van der Waals surface area (Å²) in [4.78, 5) is 5.74. The second-order valence-electron chi connectivity index (χ2n) is 4.72. The summed E-state index contributed by atoms with van der Waals surface area (Å²) in [5, 5.41) is 6.27. The van der Waals surface area contributed by atoms with Gasteiger partial charge in [0, 0.05) is 12.1 Å². The minimum absolute atomic E-state index is 0.145. The molecule has 1 aromatic carbocycles. The van der Waals surface area contributed by atoms with Gasteiger partial charge in [-0.25, -0.2) is 4.98 Å². The van der Waals surface area contributed by atoms with Crippen LogP contribution in [0.2, 0.25) is 0 Å². The van der Waals surface area contributed by atoms with Crippen LogP contribution >= 0.6 is 0 Å². The Morgan fingerprint density at radius 2 is 2.00 bits per heavy atom. The van der Waals surface area contributed by atoms with Crippen molar-refractivity contribution in [2.75, 3.05) is 27.2 Å². The molecule has 8 heteroatoms. The van der Waals surface area contributed by atoms with Crippen molar-refractivity contribution in [1.82, 2.24) is 20.1 Å². The topological polar surface area (TPSA) is 54.0 Å². The number of halogens is 3. The van der Waals surface area contributed by atoms with Gasteiger partial charge in [-0.05, 0) is 32.3 Å². The number of aromatic amines is 1. The number of likely N-dealkylation sites (N-methyl/N-ethyl adjacent to an activating group) is 1. The van der Waals surface area contributed by atoms with Crippen molar-refractivity contribution in [3.05, 3.63) is 30.1 Å². The predicted octanol–water partition coefficient (Wildman–Crippen LogP) is 2.43. The van der Waals surface area contributed by atoms with Crippen LogP contribution in [0.25, 0.3) is 11.4 Å². The van der Waals surface area contributed by atoms with Crippen molar-refractivity contribution in [3.8, 4) is 17.1 Å². The summed E-state index contributed by atoms with van der Waals surface area (Å²) in [6, 6.07) is 3.47. The highest BCUT2D eigenvalue weighted by Crippen LogP contribution is 2.34.